The number of hydrogen-bond donors (Lipinski definition) is 1. The van der Waals surface area contributed by atoms with Crippen molar-refractivity contribution in [3.63, 3.8) is 0 Å². The molecule has 2 rings (SSSR count). The Morgan fingerprint density at radius 2 is 1.83 bits per heavy atom. The highest BCUT2D eigenvalue weighted by atomic mass is 35.5. The summed E-state index contributed by atoms with van der Waals surface area (Å²) in [5.41, 5.74) is 1.94. The molecule has 1 atom stereocenters. The van der Waals surface area contributed by atoms with Gasteiger partial charge in [0.15, 0.2) is 6.61 Å². The van der Waals surface area contributed by atoms with E-state index in [0.717, 1.165) is 17.7 Å². The molecule has 0 saturated carbocycles. The normalized spacial score (nSPS) is 11.8. The van der Waals surface area contributed by atoms with Gasteiger partial charge in [-0.05, 0) is 42.2 Å². The summed E-state index contributed by atoms with van der Waals surface area (Å²) in [6, 6.07) is 12.7. The van der Waals surface area contributed by atoms with Crippen LogP contribution in [0, 0.1) is 0 Å². The zero-order chi connectivity index (χ0) is 16.8. The van der Waals surface area contributed by atoms with E-state index in [-0.39, 0.29) is 12.5 Å². The molecule has 122 valence electrons. The quantitative estimate of drug-likeness (QED) is 0.743. The molecule has 0 aromatic heterocycles. The van der Waals surface area contributed by atoms with E-state index in [1.165, 1.54) is 0 Å². The number of nitrogens with one attached hydrogen (secondary N) is 1. The van der Waals surface area contributed by atoms with Gasteiger partial charge in [0.25, 0.3) is 5.91 Å². The minimum atomic E-state index is -0.225. The van der Waals surface area contributed by atoms with E-state index in [2.05, 4.69) is 19.2 Å². The maximum atomic E-state index is 12.1. The topological polar surface area (TPSA) is 38.3 Å². The van der Waals surface area contributed by atoms with Crippen molar-refractivity contribution < 1.29 is 9.53 Å². The summed E-state index contributed by atoms with van der Waals surface area (Å²) in [5.74, 6) is 0.615. The third-order valence-electron chi connectivity index (χ3n) is 3.58. The monoisotopic (exact) mass is 351 g/mol. The molecule has 2 aromatic carbocycles. The van der Waals surface area contributed by atoms with Gasteiger partial charge < -0.3 is 10.1 Å². The molecular formula is C18H19Cl2NO2. The van der Waals surface area contributed by atoms with Crippen LogP contribution in [0.5, 0.6) is 5.75 Å². The van der Waals surface area contributed by atoms with Crippen molar-refractivity contribution in [2.24, 2.45) is 0 Å². The summed E-state index contributed by atoms with van der Waals surface area (Å²) in [5, 5.41) is 3.83. The number of hydrogen-bond acceptors (Lipinski definition) is 2. The lowest BCUT2D eigenvalue weighted by molar-refractivity contribution is -0.118. The zero-order valence-corrected chi connectivity index (χ0v) is 14.6. The third kappa shape index (κ3) is 5.15. The molecule has 5 heteroatoms. The average Bonchev–Trinajstić information content (AvgIpc) is 2.52. The second-order valence-electron chi connectivity index (χ2n) is 5.34. The van der Waals surface area contributed by atoms with Gasteiger partial charge in [0.05, 0.1) is 0 Å². The third-order valence-corrected chi connectivity index (χ3v) is 4.02. The minimum absolute atomic E-state index is 0.106. The number of benzene rings is 2. The molecule has 0 bridgehead atoms. The summed E-state index contributed by atoms with van der Waals surface area (Å²) in [6.07, 6.45) is 1.00. The number of amides is 1. The molecule has 0 unspecified atom stereocenters. The van der Waals surface area contributed by atoms with Gasteiger partial charge in [-0.25, -0.2) is 0 Å². The molecule has 1 amide bonds. The smallest absolute Gasteiger partial charge is 0.262 e. The van der Waals surface area contributed by atoms with Crippen molar-refractivity contribution in [1.82, 2.24) is 0 Å². The SMILES string of the molecule is CC[C@@H](C)c1ccccc1NC(=O)COc1cc(Cl)cc(Cl)c1. The lowest BCUT2D eigenvalue weighted by Crippen LogP contribution is -2.21. The fourth-order valence-electron chi connectivity index (χ4n) is 2.21. The summed E-state index contributed by atoms with van der Waals surface area (Å²) in [6.45, 7) is 4.15. The Morgan fingerprint density at radius 1 is 1.17 bits per heavy atom. The number of carbonyl (C=O) groups is 1. The molecule has 0 spiro atoms. The van der Waals surface area contributed by atoms with E-state index in [1.807, 2.05) is 24.3 Å². The van der Waals surface area contributed by atoms with Crippen molar-refractivity contribution in [3.05, 3.63) is 58.1 Å². The van der Waals surface area contributed by atoms with Gasteiger partial charge in [-0.1, -0.05) is 55.2 Å². The molecule has 0 aliphatic carbocycles. The van der Waals surface area contributed by atoms with E-state index in [9.17, 15) is 4.79 Å². The van der Waals surface area contributed by atoms with Crippen LogP contribution in [0.4, 0.5) is 5.69 Å². The molecule has 2 aromatic rings. The van der Waals surface area contributed by atoms with Gasteiger partial charge in [0, 0.05) is 15.7 Å². The Labute approximate surface area is 146 Å². The first-order chi connectivity index (χ1) is 11.0. The van der Waals surface area contributed by atoms with E-state index < -0.39 is 0 Å². The van der Waals surface area contributed by atoms with E-state index in [0.29, 0.717) is 21.7 Å². The van der Waals surface area contributed by atoms with Crippen LogP contribution in [0.1, 0.15) is 31.7 Å². The van der Waals surface area contributed by atoms with Gasteiger partial charge in [-0.3, -0.25) is 4.79 Å². The summed E-state index contributed by atoms with van der Waals surface area (Å²) in [7, 11) is 0. The predicted molar refractivity (Wildman–Crippen MR) is 95.7 cm³/mol. The van der Waals surface area contributed by atoms with Crippen molar-refractivity contribution in [2.75, 3.05) is 11.9 Å². The van der Waals surface area contributed by atoms with Crippen molar-refractivity contribution in [3.8, 4) is 5.75 Å². The highest BCUT2D eigenvalue weighted by Gasteiger charge is 2.11. The van der Waals surface area contributed by atoms with Crippen molar-refractivity contribution >= 4 is 34.8 Å². The Balaban J connectivity index is 2.00. The summed E-state index contributed by atoms with van der Waals surface area (Å²) >= 11 is 11.8. The summed E-state index contributed by atoms with van der Waals surface area (Å²) < 4.78 is 5.45. The van der Waals surface area contributed by atoms with E-state index in [4.69, 9.17) is 27.9 Å². The molecule has 0 aliphatic heterocycles. The average molecular weight is 352 g/mol. The fourth-order valence-corrected chi connectivity index (χ4v) is 2.71. The maximum Gasteiger partial charge on any atom is 0.262 e. The van der Waals surface area contributed by atoms with Crippen LogP contribution >= 0.6 is 23.2 Å². The summed E-state index contributed by atoms with van der Waals surface area (Å²) in [4.78, 5) is 12.1. The maximum absolute atomic E-state index is 12.1. The van der Waals surface area contributed by atoms with Gasteiger partial charge in [0.2, 0.25) is 0 Å². The molecule has 0 saturated heterocycles. The van der Waals surface area contributed by atoms with Crippen LogP contribution in [0.15, 0.2) is 42.5 Å². The fraction of sp³-hybridized carbons (Fsp3) is 0.278. The van der Waals surface area contributed by atoms with Gasteiger partial charge >= 0.3 is 0 Å². The predicted octanol–water partition coefficient (Wildman–Crippen LogP) is 5.52. The Hall–Kier alpha value is -1.71. The Kier molecular flexibility index (Phi) is 6.31. The molecular weight excluding hydrogens is 333 g/mol. The molecule has 3 nitrogen and oxygen atoms in total. The molecule has 0 radical (unpaired) electrons. The second kappa shape index (κ2) is 8.23. The zero-order valence-electron chi connectivity index (χ0n) is 13.1. The number of rotatable bonds is 6. The van der Waals surface area contributed by atoms with Gasteiger partial charge in [-0.15, -0.1) is 0 Å². The van der Waals surface area contributed by atoms with Crippen LogP contribution in [0.25, 0.3) is 0 Å². The van der Waals surface area contributed by atoms with Crippen LogP contribution in [0.2, 0.25) is 10.0 Å². The molecule has 0 heterocycles. The number of para-hydroxylation sites is 1. The van der Waals surface area contributed by atoms with Gasteiger partial charge in [-0.2, -0.15) is 0 Å². The molecule has 0 fully saturated rings. The number of anilines is 1. The highest BCUT2D eigenvalue weighted by molar-refractivity contribution is 6.34. The first-order valence-corrected chi connectivity index (χ1v) is 8.23. The number of ether oxygens (including phenoxy) is 1. The van der Waals surface area contributed by atoms with Crippen molar-refractivity contribution in [1.29, 1.82) is 0 Å². The van der Waals surface area contributed by atoms with E-state index in [1.54, 1.807) is 18.2 Å². The highest BCUT2D eigenvalue weighted by Crippen LogP contribution is 2.27. The Morgan fingerprint density at radius 3 is 2.48 bits per heavy atom. The lowest BCUT2D eigenvalue weighted by Gasteiger charge is -2.15. The Bertz CT molecular complexity index is 668. The standard InChI is InChI=1S/C18H19Cl2NO2/c1-3-12(2)16-6-4-5-7-17(16)21-18(22)11-23-15-9-13(19)8-14(20)10-15/h4-10,12H,3,11H2,1-2H3,(H,21,22)/t12-/m1/s1. The largest absolute Gasteiger partial charge is 0.484 e. The molecule has 23 heavy (non-hydrogen) atoms. The van der Waals surface area contributed by atoms with E-state index >= 15 is 0 Å². The minimum Gasteiger partial charge on any atom is -0.484 e. The lowest BCUT2D eigenvalue weighted by atomic mass is 9.97. The first kappa shape index (κ1) is 17.6. The molecule has 0 aliphatic rings. The van der Waals surface area contributed by atoms with Crippen LogP contribution in [-0.2, 0) is 4.79 Å². The second-order valence-corrected chi connectivity index (χ2v) is 6.21. The van der Waals surface area contributed by atoms with Crippen LogP contribution in [-0.4, -0.2) is 12.5 Å². The van der Waals surface area contributed by atoms with Crippen LogP contribution < -0.4 is 10.1 Å². The van der Waals surface area contributed by atoms with Gasteiger partial charge in [0.1, 0.15) is 5.75 Å². The first-order valence-electron chi connectivity index (χ1n) is 7.47. The number of carbonyl (C=O) groups excluding carboxylic acids is 1. The van der Waals surface area contributed by atoms with Crippen molar-refractivity contribution in [2.45, 2.75) is 26.2 Å². The van der Waals surface area contributed by atoms with Crippen LogP contribution in [0.3, 0.4) is 0 Å². The molecule has 1 N–H and O–H groups in total. The number of halogens is 2.